The second-order valence-corrected chi connectivity index (χ2v) is 5.18. The normalized spacial score (nSPS) is 21.0. The SMILES string of the molecule is CC(C)NC(CN1CCCC1)C(C)C. The highest BCUT2D eigenvalue weighted by atomic mass is 15.2. The molecule has 14 heavy (non-hydrogen) atoms. The van der Waals surface area contributed by atoms with Gasteiger partial charge in [-0.1, -0.05) is 27.7 Å². The van der Waals surface area contributed by atoms with Gasteiger partial charge < -0.3 is 10.2 Å². The number of likely N-dealkylation sites (tertiary alicyclic amines) is 1. The zero-order valence-corrected chi connectivity index (χ0v) is 10.2. The third kappa shape index (κ3) is 3.97. The average molecular weight is 198 g/mol. The Labute approximate surface area is 89.1 Å². The zero-order valence-electron chi connectivity index (χ0n) is 10.2. The van der Waals surface area contributed by atoms with Gasteiger partial charge in [-0.3, -0.25) is 0 Å². The number of hydrogen-bond acceptors (Lipinski definition) is 2. The number of nitrogens with one attached hydrogen (secondary N) is 1. The Morgan fingerprint density at radius 3 is 2.07 bits per heavy atom. The fraction of sp³-hybridized carbons (Fsp3) is 1.00. The van der Waals surface area contributed by atoms with Crippen molar-refractivity contribution in [3.8, 4) is 0 Å². The number of rotatable bonds is 5. The molecule has 1 unspecified atom stereocenters. The van der Waals surface area contributed by atoms with Crippen LogP contribution in [0.3, 0.4) is 0 Å². The van der Waals surface area contributed by atoms with Gasteiger partial charge in [0.15, 0.2) is 0 Å². The summed E-state index contributed by atoms with van der Waals surface area (Å²) in [5.41, 5.74) is 0. The molecule has 1 saturated heterocycles. The Morgan fingerprint density at radius 1 is 1.07 bits per heavy atom. The fourth-order valence-corrected chi connectivity index (χ4v) is 2.13. The molecule has 1 aliphatic heterocycles. The summed E-state index contributed by atoms with van der Waals surface area (Å²) in [7, 11) is 0. The molecule has 0 saturated carbocycles. The Kier molecular flexibility index (Phi) is 4.90. The van der Waals surface area contributed by atoms with E-state index in [-0.39, 0.29) is 0 Å². The van der Waals surface area contributed by atoms with Crippen molar-refractivity contribution in [2.45, 2.75) is 52.6 Å². The third-order valence-electron chi connectivity index (χ3n) is 3.01. The molecule has 0 bridgehead atoms. The van der Waals surface area contributed by atoms with Crippen molar-refractivity contribution in [1.82, 2.24) is 10.2 Å². The molecule has 1 atom stereocenters. The zero-order chi connectivity index (χ0) is 10.6. The minimum Gasteiger partial charge on any atom is -0.310 e. The summed E-state index contributed by atoms with van der Waals surface area (Å²) in [6.45, 7) is 13.0. The van der Waals surface area contributed by atoms with Crippen molar-refractivity contribution in [2.75, 3.05) is 19.6 Å². The van der Waals surface area contributed by atoms with Gasteiger partial charge in [-0.05, 0) is 31.8 Å². The first-order valence-corrected chi connectivity index (χ1v) is 6.08. The maximum Gasteiger partial charge on any atom is 0.0220 e. The van der Waals surface area contributed by atoms with Gasteiger partial charge in [-0.15, -0.1) is 0 Å². The van der Waals surface area contributed by atoms with Crippen LogP contribution in [0.15, 0.2) is 0 Å². The van der Waals surface area contributed by atoms with Gasteiger partial charge in [-0.2, -0.15) is 0 Å². The summed E-state index contributed by atoms with van der Waals surface area (Å²) in [6.07, 6.45) is 2.79. The molecule has 0 aromatic carbocycles. The Bertz CT molecular complexity index is 148. The molecule has 2 heteroatoms. The molecule has 1 heterocycles. The van der Waals surface area contributed by atoms with Crippen molar-refractivity contribution >= 4 is 0 Å². The molecule has 1 fully saturated rings. The number of nitrogens with zero attached hydrogens (tertiary/aromatic N) is 1. The molecule has 1 N–H and O–H groups in total. The predicted molar refractivity (Wildman–Crippen MR) is 62.6 cm³/mol. The highest BCUT2D eigenvalue weighted by molar-refractivity contribution is 4.78. The predicted octanol–water partition coefficient (Wildman–Crippen LogP) is 2.10. The van der Waals surface area contributed by atoms with Crippen LogP contribution in [0.4, 0.5) is 0 Å². The standard InChI is InChI=1S/C12H26N2/c1-10(2)12(13-11(3)4)9-14-7-5-6-8-14/h10-13H,5-9H2,1-4H3. The smallest absolute Gasteiger partial charge is 0.0220 e. The third-order valence-corrected chi connectivity index (χ3v) is 3.01. The van der Waals surface area contributed by atoms with Crippen LogP contribution >= 0.6 is 0 Å². The van der Waals surface area contributed by atoms with Gasteiger partial charge in [0, 0.05) is 18.6 Å². The monoisotopic (exact) mass is 198 g/mol. The Morgan fingerprint density at radius 2 is 1.64 bits per heavy atom. The summed E-state index contributed by atoms with van der Waals surface area (Å²) in [4.78, 5) is 2.60. The van der Waals surface area contributed by atoms with E-state index in [0.29, 0.717) is 12.1 Å². The van der Waals surface area contributed by atoms with Crippen molar-refractivity contribution in [3.05, 3.63) is 0 Å². The van der Waals surface area contributed by atoms with Crippen LogP contribution in [-0.4, -0.2) is 36.6 Å². The summed E-state index contributed by atoms with van der Waals surface area (Å²) in [5.74, 6) is 0.734. The van der Waals surface area contributed by atoms with E-state index in [1.807, 2.05) is 0 Å². The van der Waals surface area contributed by atoms with Crippen molar-refractivity contribution in [1.29, 1.82) is 0 Å². The van der Waals surface area contributed by atoms with E-state index in [9.17, 15) is 0 Å². The van der Waals surface area contributed by atoms with Crippen LogP contribution in [0.2, 0.25) is 0 Å². The minimum atomic E-state index is 0.602. The molecule has 0 spiro atoms. The molecular weight excluding hydrogens is 172 g/mol. The maximum absolute atomic E-state index is 3.66. The average Bonchev–Trinajstić information content (AvgIpc) is 2.54. The molecular formula is C12H26N2. The van der Waals surface area contributed by atoms with Gasteiger partial charge in [-0.25, -0.2) is 0 Å². The van der Waals surface area contributed by atoms with Crippen molar-refractivity contribution in [2.24, 2.45) is 5.92 Å². The highest BCUT2D eigenvalue weighted by Gasteiger charge is 2.20. The Hall–Kier alpha value is -0.0800. The van der Waals surface area contributed by atoms with E-state index in [0.717, 1.165) is 5.92 Å². The van der Waals surface area contributed by atoms with Crippen molar-refractivity contribution < 1.29 is 0 Å². The van der Waals surface area contributed by atoms with Gasteiger partial charge >= 0.3 is 0 Å². The topological polar surface area (TPSA) is 15.3 Å². The van der Waals surface area contributed by atoms with E-state index < -0.39 is 0 Å². The summed E-state index contributed by atoms with van der Waals surface area (Å²) < 4.78 is 0. The van der Waals surface area contributed by atoms with Crippen LogP contribution < -0.4 is 5.32 Å². The van der Waals surface area contributed by atoms with E-state index in [2.05, 4.69) is 37.9 Å². The molecule has 0 aromatic heterocycles. The summed E-state index contributed by atoms with van der Waals surface area (Å²) >= 11 is 0. The van der Waals surface area contributed by atoms with E-state index in [1.54, 1.807) is 0 Å². The van der Waals surface area contributed by atoms with Gasteiger partial charge in [0.25, 0.3) is 0 Å². The van der Waals surface area contributed by atoms with Gasteiger partial charge in [0.1, 0.15) is 0 Å². The molecule has 84 valence electrons. The minimum absolute atomic E-state index is 0.602. The van der Waals surface area contributed by atoms with E-state index in [4.69, 9.17) is 0 Å². The lowest BCUT2D eigenvalue weighted by atomic mass is 10.0. The molecule has 1 rings (SSSR count). The lowest BCUT2D eigenvalue weighted by Gasteiger charge is -2.29. The lowest BCUT2D eigenvalue weighted by Crippen LogP contribution is -2.46. The van der Waals surface area contributed by atoms with Crippen molar-refractivity contribution in [3.63, 3.8) is 0 Å². The highest BCUT2D eigenvalue weighted by Crippen LogP contribution is 2.11. The Balaban J connectivity index is 2.33. The summed E-state index contributed by atoms with van der Waals surface area (Å²) in [6, 6.07) is 1.26. The van der Waals surface area contributed by atoms with Crippen LogP contribution in [0.5, 0.6) is 0 Å². The van der Waals surface area contributed by atoms with E-state index >= 15 is 0 Å². The first-order chi connectivity index (χ1) is 6.59. The van der Waals surface area contributed by atoms with Gasteiger partial charge in [0.2, 0.25) is 0 Å². The van der Waals surface area contributed by atoms with Gasteiger partial charge in [0.05, 0.1) is 0 Å². The van der Waals surface area contributed by atoms with Crippen LogP contribution in [0.1, 0.15) is 40.5 Å². The molecule has 0 aromatic rings. The lowest BCUT2D eigenvalue weighted by molar-refractivity contribution is 0.246. The van der Waals surface area contributed by atoms with Crippen LogP contribution in [0.25, 0.3) is 0 Å². The molecule has 0 radical (unpaired) electrons. The van der Waals surface area contributed by atoms with Crippen LogP contribution in [0, 0.1) is 5.92 Å². The first kappa shape index (κ1) is 12.0. The first-order valence-electron chi connectivity index (χ1n) is 6.08. The summed E-state index contributed by atoms with van der Waals surface area (Å²) in [5, 5.41) is 3.66. The second-order valence-electron chi connectivity index (χ2n) is 5.18. The number of hydrogen-bond donors (Lipinski definition) is 1. The van der Waals surface area contributed by atoms with Crippen LogP contribution in [-0.2, 0) is 0 Å². The molecule has 0 amide bonds. The van der Waals surface area contributed by atoms with E-state index in [1.165, 1.54) is 32.5 Å². The molecule has 0 aliphatic carbocycles. The quantitative estimate of drug-likeness (QED) is 0.728. The molecule has 1 aliphatic rings. The largest absolute Gasteiger partial charge is 0.310 e. The second kappa shape index (κ2) is 5.72. The maximum atomic E-state index is 3.66. The fourth-order valence-electron chi connectivity index (χ4n) is 2.13. The molecule has 2 nitrogen and oxygen atoms in total.